The monoisotopic (exact) mass is 550 g/mol. The van der Waals surface area contributed by atoms with E-state index in [4.69, 9.17) is 14.2 Å². The van der Waals surface area contributed by atoms with Crippen LogP contribution < -0.4 is 19.1 Å². The molecule has 4 rings (SSSR count). The number of methoxy groups -OCH3 is 2. The van der Waals surface area contributed by atoms with Crippen LogP contribution in [0.15, 0.2) is 48.0 Å². The van der Waals surface area contributed by atoms with Crippen LogP contribution in [0, 0.1) is 6.92 Å². The lowest BCUT2D eigenvalue weighted by atomic mass is 9.95. The number of thiazole rings is 1. The number of hydrogen-bond donors (Lipinski definition) is 1. The Hall–Kier alpha value is -4.18. The molecule has 9 nitrogen and oxygen atoms in total. The van der Waals surface area contributed by atoms with Gasteiger partial charge >= 0.3 is 5.91 Å². The summed E-state index contributed by atoms with van der Waals surface area (Å²) in [6.45, 7) is 5.66. The molecule has 1 aliphatic heterocycles. The van der Waals surface area contributed by atoms with Crippen LogP contribution in [0.3, 0.4) is 0 Å². The lowest BCUT2D eigenvalue weighted by molar-refractivity contribution is -0.132. The maximum absolute atomic E-state index is 13.5. The van der Waals surface area contributed by atoms with E-state index in [0.29, 0.717) is 45.6 Å². The molecule has 1 atom stereocenters. The third kappa shape index (κ3) is 5.37. The van der Waals surface area contributed by atoms with Gasteiger partial charge in [0.1, 0.15) is 11.5 Å². The predicted octanol–water partition coefficient (Wildman–Crippen LogP) is 5.48. The summed E-state index contributed by atoms with van der Waals surface area (Å²) in [6, 6.07) is 10.6. The second-order valence-corrected chi connectivity index (χ2v) is 9.95. The minimum Gasteiger partial charge on any atom is -0.507 e. The molecule has 0 radical (unpaired) electrons. The number of ketones is 2. The molecule has 2 aromatic carbocycles. The molecule has 0 aliphatic carbocycles. The Kier molecular flexibility index (Phi) is 8.35. The summed E-state index contributed by atoms with van der Waals surface area (Å²) in [6.07, 6.45) is 1.84. The standard InChI is InChI=1S/C29H30N2O7S/c1-6-7-14-38-21-13-10-19(15-22(21)37-5)24-23(25(33)18-8-11-20(36-4)12-9-18)26(34)28(35)31(24)29-30-16(2)27(39-29)17(3)32/h8-13,15,24,33H,6-7,14H2,1-5H3. The van der Waals surface area contributed by atoms with Crippen molar-refractivity contribution in [1.29, 1.82) is 0 Å². The quantitative estimate of drug-likeness (QED) is 0.116. The van der Waals surface area contributed by atoms with E-state index >= 15 is 0 Å². The number of aryl methyl sites for hydroxylation is 1. The van der Waals surface area contributed by atoms with Crippen molar-refractivity contribution in [2.75, 3.05) is 25.7 Å². The lowest BCUT2D eigenvalue weighted by Gasteiger charge is -2.24. The van der Waals surface area contributed by atoms with E-state index in [2.05, 4.69) is 11.9 Å². The van der Waals surface area contributed by atoms with Crippen LogP contribution in [0.4, 0.5) is 5.13 Å². The zero-order chi connectivity index (χ0) is 28.3. The summed E-state index contributed by atoms with van der Waals surface area (Å²) in [5.41, 5.74) is 1.19. The van der Waals surface area contributed by atoms with Crippen molar-refractivity contribution in [2.45, 2.75) is 39.7 Å². The summed E-state index contributed by atoms with van der Waals surface area (Å²) < 4.78 is 16.6. The molecule has 0 bridgehead atoms. The number of Topliss-reactive ketones (excluding diaryl/α,β-unsaturated/α-hetero) is 2. The number of anilines is 1. The molecule has 204 valence electrons. The number of unbranched alkanes of at least 4 members (excludes halogenated alkanes) is 1. The number of aliphatic hydroxyl groups is 1. The van der Waals surface area contributed by atoms with E-state index in [-0.39, 0.29) is 22.2 Å². The van der Waals surface area contributed by atoms with Crippen LogP contribution in [0.5, 0.6) is 17.2 Å². The van der Waals surface area contributed by atoms with E-state index in [1.807, 2.05) is 0 Å². The molecule has 1 aliphatic rings. The average Bonchev–Trinajstić information content (AvgIpc) is 3.45. The molecule has 3 aromatic rings. The first kappa shape index (κ1) is 27.8. The topological polar surface area (TPSA) is 115 Å². The minimum absolute atomic E-state index is 0.107. The molecule has 1 amide bonds. The van der Waals surface area contributed by atoms with Crippen LogP contribution in [0.25, 0.3) is 5.76 Å². The number of carbonyl (C=O) groups excluding carboxylic acids is 3. The molecule has 39 heavy (non-hydrogen) atoms. The molecule has 1 unspecified atom stereocenters. The second-order valence-electron chi connectivity index (χ2n) is 8.98. The van der Waals surface area contributed by atoms with Gasteiger partial charge in [0.15, 0.2) is 22.4 Å². The number of aliphatic hydroxyl groups excluding tert-OH is 1. The summed E-state index contributed by atoms with van der Waals surface area (Å²) in [4.78, 5) is 45.1. The highest BCUT2D eigenvalue weighted by Crippen LogP contribution is 2.45. The van der Waals surface area contributed by atoms with Gasteiger partial charge in [-0.2, -0.15) is 0 Å². The Morgan fingerprint density at radius 3 is 2.38 bits per heavy atom. The van der Waals surface area contributed by atoms with Gasteiger partial charge in [0.2, 0.25) is 0 Å². The van der Waals surface area contributed by atoms with Crippen LogP contribution in [0.1, 0.15) is 59.2 Å². The van der Waals surface area contributed by atoms with Crippen molar-refractivity contribution < 1.29 is 33.7 Å². The Labute approximate surface area is 230 Å². The molecular weight excluding hydrogens is 520 g/mol. The SMILES string of the molecule is CCCCOc1ccc(C2C(=C(O)c3ccc(OC)cc3)C(=O)C(=O)N2c2nc(C)c(C(C)=O)s2)cc1OC. The first-order chi connectivity index (χ1) is 18.7. The Morgan fingerprint density at radius 1 is 1.08 bits per heavy atom. The molecule has 1 aromatic heterocycles. The van der Waals surface area contributed by atoms with Gasteiger partial charge in [-0.05, 0) is 55.3 Å². The fraction of sp³-hybridized carbons (Fsp3) is 0.310. The van der Waals surface area contributed by atoms with Crippen molar-refractivity contribution in [3.8, 4) is 17.2 Å². The Bertz CT molecular complexity index is 1440. The number of nitrogens with zero attached hydrogens (tertiary/aromatic N) is 2. The average molecular weight is 551 g/mol. The first-order valence-electron chi connectivity index (χ1n) is 12.5. The zero-order valence-electron chi connectivity index (χ0n) is 22.4. The van der Waals surface area contributed by atoms with Gasteiger partial charge in [-0.1, -0.05) is 30.7 Å². The van der Waals surface area contributed by atoms with Gasteiger partial charge in [-0.15, -0.1) is 0 Å². The predicted molar refractivity (Wildman–Crippen MR) is 148 cm³/mol. The highest BCUT2D eigenvalue weighted by molar-refractivity contribution is 7.18. The molecule has 0 saturated carbocycles. The van der Waals surface area contributed by atoms with Crippen LogP contribution >= 0.6 is 11.3 Å². The van der Waals surface area contributed by atoms with Crippen molar-refractivity contribution in [3.63, 3.8) is 0 Å². The minimum atomic E-state index is -1.03. The molecule has 2 heterocycles. The summed E-state index contributed by atoms with van der Waals surface area (Å²) in [7, 11) is 3.03. The number of benzene rings is 2. The van der Waals surface area contributed by atoms with Gasteiger partial charge in [0.25, 0.3) is 5.78 Å². The molecule has 10 heteroatoms. The number of ether oxygens (including phenoxy) is 3. The zero-order valence-corrected chi connectivity index (χ0v) is 23.3. The van der Waals surface area contributed by atoms with E-state index in [9.17, 15) is 19.5 Å². The molecule has 1 fully saturated rings. The maximum atomic E-state index is 13.5. The highest BCUT2D eigenvalue weighted by Gasteiger charge is 2.48. The van der Waals surface area contributed by atoms with Crippen molar-refractivity contribution >= 4 is 39.7 Å². The van der Waals surface area contributed by atoms with E-state index in [1.54, 1.807) is 49.4 Å². The van der Waals surface area contributed by atoms with E-state index < -0.39 is 17.7 Å². The van der Waals surface area contributed by atoms with Gasteiger partial charge in [0.05, 0.1) is 43.0 Å². The molecular formula is C29H30N2O7S. The smallest absolute Gasteiger partial charge is 0.301 e. The van der Waals surface area contributed by atoms with Gasteiger partial charge in [-0.3, -0.25) is 19.3 Å². The number of aromatic nitrogens is 1. The molecule has 0 spiro atoms. The largest absolute Gasteiger partial charge is 0.507 e. The van der Waals surface area contributed by atoms with Crippen molar-refractivity contribution in [2.24, 2.45) is 0 Å². The number of amides is 1. The third-order valence-electron chi connectivity index (χ3n) is 6.38. The fourth-order valence-electron chi connectivity index (χ4n) is 4.36. The second kappa shape index (κ2) is 11.7. The Morgan fingerprint density at radius 2 is 1.79 bits per heavy atom. The van der Waals surface area contributed by atoms with Crippen molar-refractivity contribution in [3.05, 3.63) is 69.7 Å². The number of carbonyl (C=O) groups is 3. The van der Waals surface area contributed by atoms with Gasteiger partial charge in [0, 0.05) is 12.5 Å². The van der Waals surface area contributed by atoms with Crippen LogP contribution in [0.2, 0.25) is 0 Å². The number of hydrogen-bond acceptors (Lipinski definition) is 9. The Balaban J connectivity index is 1.90. The van der Waals surface area contributed by atoms with E-state index in [0.717, 1.165) is 24.2 Å². The van der Waals surface area contributed by atoms with Gasteiger partial charge < -0.3 is 19.3 Å². The molecule has 1 N–H and O–H groups in total. The number of rotatable bonds is 10. The van der Waals surface area contributed by atoms with E-state index in [1.165, 1.54) is 26.0 Å². The maximum Gasteiger partial charge on any atom is 0.301 e. The molecule has 1 saturated heterocycles. The first-order valence-corrected chi connectivity index (χ1v) is 13.3. The third-order valence-corrected chi connectivity index (χ3v) is 7.64. The normalized spacial score (nSPS) is 16.4. The lowest BCUT2D eigenvalue weighted by Crippen LogP contribution is -2.29. The van der Waals surface area contributed by atoms with Crippen molar-refractivity contribution in [1.82, 2.24) is 4.98 Å². The van der Waals surface area contributed by atoms with Crippen LogP contribution in [-0.2, 0) is 9.59 Å². The van der Waals surface area contributed by atoms with Crippen LogP contribution in [-0.4, -0.2) is 48.4 Å². The van der Waals surface area contributed by atoms with Gasteiger partial charge in [-0.25, -0.2) is 4.98 Å². The fourth-order valence-corrected chi connectivity index (χ4v) is 5.35. The summed E-state index contributed by atoms with van der Waals surface area (Å²) >= 11 is 1.03. The highest BCUT2D eigenvalue weighted by atomic mass is 32.1. The summed E-state index contributed by atoms with van der Waals surface area (Å²) in [5, 5.41) is 11.5. The summed E-state index contributed by atoms with van der Waals surface area (Å²) in [5.74, 6) is -0.760.